The average Bonchev–Trinajstić information content (AvgIpc) is 3.39. The number of benzene rings is 1. The van der Waals surface area contributed by atoms with Crippen molar-refractivity contribution in [1.82, 2.24) is 24.5 Å². The maximum Gasteiger partial charge on any atom is 0.109 e. The summed E-state index contributed by atoms with van der Waals surface area (Å²) in [5, 5.41) is 28.4. The minimum Gasteiger partial charge on any atom is -0.399 e. The smallest absolute Gasteiger partial charge is 0.109 e. The lowest BCUT2D eigenvalue weighted by Gasteiger charge is -2.39. The summed E-state index contributed by atoms with van der Waals surface area (Å²) in [7, 11) is 0. The van der Waals surface area contributed by atoms with Crippen LogP contribution in [0.3, 0.4) is 0 Å². The van der Waals surface area contributed by atoms with Crippen LogP contribution in [0.15, 0.2) is 43.0 Å². The van der Waals surface area contributed by atoms with E-state index in [4.69, 9.17) is 21.9 Å². The second-order valence-electron chi connectivity index (χ2n) is 7.91. The molecule has 1 fully saturated rings. The zero-order valence-electron chi connectivity index (χ0n) is 17.0. The van der Waals surface area contributed by atoms with Crippen LogP contribution in [0.2, 0.25) is 0 Å². The van der Waals surface area contributed by atoms with Gasteiger partial charge in [-0.15, -0.1) is 5.10 Å². The standard InChI is InChI=1S/C20H28N8O3/c21-13-3-1-2-12(6-13)17-10-27(11-24-17)8-14-9-28(26-25-14)4-5-31-20-16(23)7-15(22)18(29)19(20)30/h1-3,6,9-11,15-16,18-20,29-30H,4-5,7-8,21-23H2/t15-,16+,18+,19-,20-/m1/s1. The molecule has 11 nitrogen and oxygen atoms in total. The minimum absolute atomic E-state index is 0.269. The van der Waals surface area contributed by atoms with Crippen LogP contribution < -0.4 is 17.2 Å². The molecule has 0 bridgehead atoms. The monoisotopic (exact) mass is 428 g/mol. The second kappa shape index (κ2) is 9.12. The molecule has 4 rings (SSSR count). The van der Waals surface area contributed by atoms with Gasteiger partial charge in [0.1, 0.15) is 17.9 Å². The van der Waals surface area contributed by atoms with Gasteiger partial charge in [-0.3, -0.25) is 0 Å². The van der Waals surface area contributed by atoms with Gasteiger partial charge in [0.25, 0.3) is 0 Å². The van der Waals surface area contributed by atoms with Crippen molar-refractivity contribution >= 4 is 5.69 Å². The van der Waals surface area contributed by atoms with Crippen molar-refractivity contribution < 1.29 is 14.9 Å². The fraction of sp³-hybridized carbons (Fsp3) is 0.450. The van der Waals surface area contributed by atoms with Gasteiger partial charge < -0.3 is 36.7 Å². The fourth-order valence-electron chi connectivity index (χ4n) is 3.79. The summed E-state index contributed by atoms with van der Waals surface area (Å²) >= 11 is 0. The molecule has 5 atom stereocenters. The molecule has 1 aromatic carbocycles. The quantitative estimate of drug-likeness (QED) is 0.293. The van der Waals surface area contributed by atoms with E-state index >= 15 is 0 Å². The van der Waals surface area contributed by atoms with Crippen LogP contribution in [0.4, 0.5) is 5.69 Å². The number of nitrogens with zero attached hydrogens (tertiary/aromatic N) is 5. The number of aromatic nitrogens is 5. The van der Waals surface area contributed by atoms with E-state index < -0.39 is 30.4 Å². The Morgan fingerprint density at radius 1 is 1.13 bits per heavy atom. The number of hydrogen-bond acceptors (Lipinski definition) is 9. The first kappa shape index (κ1) is 21.4. The van der Waals surface area contributed by atoms with Gasteiger partial charge in [-0.1, -0.05) is 17.3 Å². The molecule has 1 aliphatic rings. The van der Waals surface area contributed by atoms with E-state index in [1.807, 2.05) is 41.2 Å². The molecule has 1 saturated carbocycles. The molecule has 0 radical (unpaired) electrons. The Labute approximate surface area is 179 Å². The average molecular weight is 428 g/mol. The zero-order chi connectivity index (χ0) is 22.0. The Hall–Kier alpha value is -2.83. The summed E-state index contributed by atoms with van der Waals surface area (Å²) in [4.78, 5) is 4.43. The maximum absolute atomic E-state index is 10.2. The second-order valence-corrected chi connectivity index (χ2v) is 7.91. The molecule has 2 heterocycles. The minimum atomic E-state index is -1.11. The van der Waals surface area contributed by atoms with Gasteiger partial charge in [0, 0.05) is 29.5 Å². The van der Waals surface area contributed by atoms with Crippen molar-refractivity contribution in [1.29, 1.82) is 0 Å². The lowest BCUT2D eigenvalue weighted by molar-refractivity contribution is -0.128. The SMILES string of the molecule is Nc1cccc(-c2cn(Cc3cn(CCO[C@H]4[C@H](O)[C@@H](O)[C@H](N)C[C@@H]4N)nn3)cn2)c1. The first-order chi connectivity index (χ1) is 14.9. The molecule has 0 spiro atoms. The van der Waals surface area contributed by atoms with Crippen LogP contribution in [0.1, 0.15) is 12.1 Å². The number of aliphatic hydroxyl groups is 2. The topological polar surface area (TPSA) is 176 Å². The number of imidazole rings is 1. The van der Waals surface area contributed by atoms with Crippen LogP contribution >= 0.6 is 0 Å². The molecule has 0 saturated heterocycles. The van der Waals surface area contributed by atoms with Gasteiger partial charge >= 0.3 is 0 Å². The highest BCUT2D eigenvalue weighted by Crippen LogP contribution is 2.21. The molecule has 8 N–H and O–H groups in total. The van der Waals surface area contributed by atoms with Gasteiger partial charge in [-0.05, 0) is 18.6 Å². The molecular weight excluding hydrogens is 400 g/mol. The highest BCUT2D eigenvalue weighted by Gasteiger charge is 2.41. The molecule has 0 unspecified atom stereocenters. The summed E-state index contributed by atoms with van der Waals surface area (Å²) in [6.45, 7) is 1.22. The van der Waals surface area contributed by atoms with E-state index in [1.165, 1.54) is 0 Å². The Bertz CT molecular complexity index is 1010. The van der Waals surface area contributed by atoms with Crippen LogP contribution in [0.5, 0.6) is 0 Å². The molecular formula is C20H28N8O3. The predicted octanol–water partition coefficient (Wildman–Crippen LogP) is -1.06. The maximum atomic E-state index is 10.2. The largest absolute Gasteiger partial charge is 0.399 e. The van der Waals surface area contributed by atoms with Gasteiger partial charge in [0.05, 0.1) is 44.0 Å². The third kappa shape index (κ3) is 4.92. The predicted molar refractivity (Wildman–Crippen MR) is 114 cm³/mol. The van der Waals surface area contributed by atoms with Crippen molar-refractivity contribution in [3.8, 4) is 11.3 Å². The highest BCUT2D eigenvalue weighted by atomic mass is 16.5. The van der Waals surface area contributed by atoms with E-state index in [2.05, 4.69) is 15.3 Å². The first-order valence-electron chi connectivity index (χ1n) is 10.2. The van der Waals surface area contributed by atoms with E-state index in [-0.39, 0.29) is 6.61 Å². The number of nitrogen functional groups attached to an aromatic ring is 1. The highest BCUT2D eigenvalue weighted by molar-refractivity contribution is 5.63. The van der Waals surface area contributed by atoms with Gasteiger partial charge in [0.2, 0.25) is 0 Å². The Morgan fingerprint density at radius 3 is 2.77 bits per heavy atom. The molecule has 2 aromatic heterocycles. The van der Waals surface area contributed by atoms with Crippen LogP contribution in [-0.2, 0) is 17.8 Å². The van der Waals surface area contributed by atoms with Crippen molar-refractivity contribution in [3.05, 3.63) is 48.7 Å². The Morgan fingerprint density at radius 2 is 1.97 bits per heavy atom. The van der Waals surface area contributed by atoms with Crippen LogP contribution in [-0.4, -0.2) is 71.8 Å². The molecule has 31 heavy (non-hydrogen) atoms. The van der Waals surface area contributed by atoms with E-state index in [9.17, 15) is 10.2 Å². The molecule has 11 heteroatoms. The van der Waals surface area contributed by atoms with E-state index in [0.717, 1.165) is 17.0 Å². The first-order valence-corrected chi connectivity index (χ1v) is 10.2. The normalized spacial score (nSPS) is 26.3. The van der Waals surface area contributed by atoms with Crippen molar-refractivity contribution in [2.45, 2.75) is 49.9 Å². The fourth-order valence-corrected chi connectivity index (χ4v) is 3.79. The number of aliphatic hydroxyl groups excluding tert-OH is 2. The van der Waals surface area contributed by atoms with Gasteiger partial charge in [-0.2, -0.15) is 0 Å². The third-order valence-electron chi connectivity index (χ3n) is 5.47. The molecule has 3 aromatic rings. The lowest BCUT2D eigenvalue weighted by Crippen LogP contribution is -2.62. The third-order valence-corrected chi connectivity index (χ3v) is 5.47. The van der Waals surface area contributed by atoms with Crippen LogP contribution in [0.25, 0.3) is 11.3 Å². The number of anilines is 1. The van der Waals surface area contributed by atoms with Crippen molar-refractivity contribution in [3.63, 3.8) is 0 Å². The molecule has 166 valence electrons. The Balaban J connectivity index is 1.30. The molecule has 0 aliphatic heterocycles. The summed E-state index contributed by atoms with van der Waals surface area (Å²) < 4.78 is 9.30. The van der Waals surface area contributed by atoms with Crippen molar-refractivity contribution in [2.24, 2.45) is 11.5 Å². The Kier molecular flexibility index (Phi) is 6.30. The number of ether oxygens (including phenoxy) is 1. The van der Waals surface area contributed by atoms with E-state index in [0.29, 0.717) is 25.2 Å². The van der Waals surface area contributed by atoms with Crippen molar-refractivity contribution in [2.75, 3.05) is 12.3 Å². The number of hydrogen-bond donors (Lipinski definition) is 5. The number of rotatable bonds is 7. The number of nitrogens with two attached hydrogens (primary N) is 3. The molecule has 1 aliphatic carbocycles. The summed E-state index contributed by atoms with van der Waals surface area (Å²) in [5.41, 5.74) is 20.9. The molecule has 0 amide bonds. The van der Waals surface area contributed by atoms with Crippen LogP contribution in [0, 0.1) is 0 Å². The summed E-state index contributed by atoms with van der Waals surface area (Å²) in [6, 6.07) is 6.58. The summed E-state index contributed by atoms with van der Waals surface area (Å²) in [6.07, 6.45) is 3.05. The summed E-state index contributed by atoms with van der Waals surface area (Å²) in [5.74, 6) is 0. The van der Waals surface area contributed by atoms with Gasteiger partial charge in [0.15, 0.2) is 0 Å². The van der Waals surface area contributed by atoms with E-state index in [1.54, 1.807) is 11.0 Å². The lowest BCUT2D eigenvalue weighted by atomic mass is 9.85. The zero-order valence-corrected chi connectivity index (χ0v) is 17.0. The van der Waals surface area contributed by atoms with Gasteiger partial charge in [-0.25, -0.2) is 9.67 Å².